The molecule has 31 heavy (non-hydrogen) atoms. The highest BCUT2D eigenvalue weighted by Crippen LogP contribution is 2.24. The Hall–Kier alpha value is -2.77. The average Bonchev–Trinajstić information content (AvgIpc) is 2.83. The minimum atomic E-state index is 0.216. The van der Waals surface area contributed by atoms with Crippen LogP contribution < -0.4 is 20.1 Å². The molecule has 168 valence electrons. The predicted octanol–water partition coefficient (Wildman–Crippen LogP) is 2.75. The summed E-state index contributed by atoms with van der Waals surface area (Å²) in [5.74, 6) is 2.53. The van der Waals surface area contributed by atoms with Crippen molar-refractivity contribution < 1.29 is 14.2 Å². The quantitative estimate of drug-likeness (QED) is 0.500. The standard InChI is InChI=1S/C24H34N4O3/c1-18-5-6-19(15-23(18)30-4)16-26-24(25-2)27-17-22(28-11-13-31-14-12-28)20-7-9-21(29-3)10-8-20/h5-10,15,22H,11-14,16-17H2,1-4H3,(H2,25,26,27). The Balaban J connectivity index is 1.64. The van der Waals surface area contributed by atoms with Crippen LogP contribution in [0.25, 0.3) is 0 Å². The number of guanidine groups is 1. The number of aryl methyl sites for hydroxylation is 1. The van der Waals surface area contributed by atoms with E-state index in [0.717, 1.165) is 61.4 Å². The zero-order valence-electron chi connectivity index (χ0n) is 19.0. The minimum Gasteiger partial charge on any atom is -0.497 e. The van der Waals surface area contributed by atoms with Gasteiger partial charge in [0.2, 0.25) is 0 Å². The number of morpholine rings is 1. The number of aliphatic imine (C=N–C) groups is 1. The van der Waals surface area contributed by atoms with E-state index >= 15 is 0 Å². The van der Waals surface area contributed by atoms with E-state index in [-0.39, 0.29) is 6.04 Å². The summed E-state index contributed by atoms with van der Waals surface area (Å²) in [6, 6.07) is 14.7. The van der Waals surface area contributed by atoms with Crippen LogP contribution in [0.2, 0.25) is 0 Å². The Labute approximate surface area is 185 Å². The van der Waals surface area contributed by atoms with E-state index in [9.17, 15) is 0 Å². The summed E-state index contributed by atoms with van der Waals surface area (Å²) in [6.45, 7) is 6.79. The van der Waals surface area contributed by atoms with Crippen LogP contribution in [0.5, 0.6) is 11.5 Å². The molecule has 7 nitrogen and oxygen atoms in total. The molecule has 0 bridgehead atoms. The highest BCUT2D eigenvalue weighted by molar-refractivity contribution is 5.79. The van der Waals surface area contributed by atoms with Crippen molar-refractivity contribution in [3.05, 3.63) is 59.2 Å². The van der Waals surface area contributed by atoms with Crippen molar-refractivity contribution in [2.24, 2.45) is 4.99 Å². The van der Waals surface area contributed by atoms with Crippen molar-refractivity contribution >= 4 is 5.96 Å². The fraction of sp³-hybridized carbons (Fsp3) is 0.458. The Bertz CT molecular complexity index is 848. The van der Waals surface area contributed by atoms with Gasteiger partial charge in [-0.05, 0) is 41.8 Å². The lowest BCUT2D eigenvalue weighted by Crippen LogP contribution is -2.46. The molecule has 1 fully saturated rings. The topological polar surface area (TPSA) is 67.4 Å². The summed E-state index contributed by atoms with van der Waals surface area (Å²) < 4.78 is 16.3. The largest absolute Gasteiger partial charge is 0.497 e. The molecule has 2 aromatic carbocycles. The fourth-order valence-corrected chi connectivity index (χ4v) is 3.75. The Kier molecular flexibility index (Phi) is 8.55. The first-order chi connectivity index (χ1) is 15.1. The number of nitrogens with zero attached hydrogens (tertiary/aromatic N) is 2. The second-order valence-electron chi connectivity index (χ2n) is 7.55. The van der Waals surface area contributed by atoms with Crippen molar-refractivity contribution in [2.45, 2.75) is 19.5 Å². The zero-order valence-corrected chi connectivity index (χ0v) is 19.0. The molecule has 0 spiro atoms. The van der Waals surface area contributed by atoms with Gasteiger partial charge in [-0.2, -0.15) is 0 Å². The van der Waals surface area contributed by atoms with E-state index in [2.05, 4.69) is 50.9 Å². The minimum absolute atomic E-state index is 0.216. The van der Waals surface area contributed by atoms with Crippen molar-refractivity contribution in [1.29, 1.82) is 0 Å². The predicted molar refractivity (Wildman–Crippen MR) is 124 cm³/mol. The summed E-state index contributed by atoms with van der Waals surface area (Å²) in [7, 11) is 5.18. The van der Waals surface area contributed by atoms with Crippen LogP contribution >= 0.6 is 0 Å². The van der Waals surface area contributed by atoms with Gasteiger partial charge in [0.25, 0.3) is 0 Å². The molecule has 1 unspecified atom stereocenters. The van der Waals surface area contributed by atoms with Gasteiger partial charge in [-0.3, -0.25) is 9.89 Å². The van der Waals surface area contributed by atoms with E-state index in [1.54, 1.807) is 21.3 Å². The van der Waals surface area contributed by atoms with Crippen molar-refractivity contribution in [3.8, 4) is 11.5 Å². The van der Waals surface area contributed by atoms with Gasteiger partial charge in [-0.15, -0.1) is 0 Å². The number of benzene rings is 2. The maximum absolute atomic E-state index is 5.56. The average molecular weight is 427 g/mol. The number of nitrogens with one attached hydrogen (secondary N) is 2. The van der Waals surface area contributed by atoms with E-state index < -0.39 is 0 Å². The lowest BCUT2D eigenvalue weighted by molar-refractivity contribution is 0.0170. The molecular weight excluding hydrogens is 392 g/mol. The van der Waals surface area contributed by atoms with Crippen LogP contribution in [-0.4, -0.2) is 65.0 Å². The van der Waals surface area contributed by atoms with Gasteiger partial charge in [0.1, 0.15) is 11.5 Å². The van der Waals surface area contributed by atoms with Gasteiger partial charge in [0.15, 0.2) is 5.96 Å². The van der Waals surface area contributed by atoms with Crippen LogP contribution in [0.15, 0.2) is 47.5 Å². The van der Waals surface area contributed by atoms with Crippen LogP contribution in [0, 0.1) is 6.92 Å². The van der Waals surface area contributed by atoms with Crippen LogP contribution in [0.1, 0.15) is 22.7 Å². The summed E-state index contributed by atoms with van der Waals surface area (Å²) in [5.41, 5.74) is 3.51. The van der Waals surface area contributed by atoms with Gasteiger partial charge in [-0.1, -0.05) is 24.3 Å². The third-order valence-electron chi connectivity index (χ3n) is 5.61. The number of hydrogen-bond acceptors (Lipinski definition) is 5. The first-order valence-electron chi connectivity index (χ1n) is 10.7. The number of hydrogen-bond donors (Lipinski definition) is 2. The fourth-order valence-electron chi connectivity index (χ4n) is 3.75. The number of ether oxygens (including phenoxy) is 3. The van der Waals surface area contributed by atoms with Crippen molar-refractivity contribution in [3.63, 3.8) is 0 Å². The van der Waals surface area contributed by atoms with Crippen molar-refractivity contribution in [1.82, 2.24) is 15.5 Å². The second kappa shape index (κ2) is 11.6. The molecule has 7 heteroatoms. The van der Waals surface area contributed by atoms with Gasteiger partial charge < -0.3 is 24.8 Å². The lowest BCUT2D eigenvalue weighted by Gasteiger charge is -2.35. The molecule has 1 saturated heterocycles. The molecule has 0 aliphatic carbocycles. The number of methoxy groups -OCH3 is 2. The molecule has 0 saturated carbocycles. The second-order valence-corrected chi connectivity index (χ2v) is 7.55. The van der Waals surface area contributed by atoms with Gasteiger partial charge in [0.05, 0.1) is 33.5 Å². The highest BCUT2D eigenvalue weighted by Gasteiger charge is 2.23. The third kappa shape index (κ3) is 6.35. The highest BCUT2D eigenvalue weighted by atomic mass is 16.5. The summed E-state index contributed by atoms with van der Waals surface area (Å²) >= 11 is 0. The molecule has 1 atom stereocenters. The maximum atomic E-state index is 5.56. The molecule has 0 amide bonds. The van der Waals surface area contributed by atoms with Crippen molar-refractivity contribution in [2.75, 3.05) is 54.1 Å². The Morgan fingerprint density at radius 2 is 1.81 bits per heavy atom. The van der Waals surface area contributed by atoms with Crippen LogP contribution in [0.4, 0.5) is 0 Å². The molecule has 0 radical (unpaired) electrons. The Morgan fingerprint density at radius 1 is 1.06 bits per heavy atom. The molecule has 0 aromatic heterocycles. The van der Waals surface area contributed by atoms with E-state index in [1.165, 1.54) is 5.56 Å². The van der Waals surface area contributed by atoms with E-state index in [1.807, 2.05) is 19.1 Å². The lowest BCUT2D eigenvalue weighted by atomic mass is 10.0. The molecule has 2 N–H and O–H groups in total. The zero-order chi connectivity index (χ0) is 22.1. The van der Waals surface area contributed by atoms with Gasteiger partial charge in [-0.25, -0.2) is 0 Å². The first kappa shape index (κ1) is 22.9. The summed E-state index contributed by atoms with van der Waals surface area (Å²) in [4.78, 5) is 6.86. The molecule has 1 aliphatic heterocycles. The smallest absolute Gasteiger partial charge is 0.191 e. The molecule has 2 aromatic rings. The van der Waals surface area contributed by atoms with E-state index in [0.29, 0.717) is 6.54 Å². The normalized spacial score (nSPS) is 15.9. The van der Waals surface area contributed by atoms with Crippen LogP contribution in [-0.2, 0) is 11.3 Å². The molecule has 3 rings (SSSR count). The monoisotopic (exact) mass is 426 g/mol. The van der Waals surface area contributed by atoms with Gasteiger partial charge in [0, 0.05) is 33.2 Å². The SMILES string of the molecule is CN=C(NCc1ccc(C)c(OC)c1)NCC(c1ccc(OC)cc1)N1CCOCC1. The molecule has 1 heterocycles. The Morgan fingerprint density at radius 3 is 2.45 bits per heavy atom. The van der Waals surface area contributed by atoms with Crippen LogP contribution in [0.3, 0.4) is 0 Å². The van der Waals surface area contributed by atoms with E-state index in [4.69, 9.17) is 14.2 Å². The number of rotatable bonds is 8. The summed E-state index contributed by atoms with van der Waals surface area (Å²) in [5, 5.41) is 6.90. The first-order valence-corrected chi connectivity index (χ1v) is 10.7. The summed E-state index contributed by atoms with van der Waals surface area (Å²) in [6.07, 6.45) is 0. The van der Waals surface area contributed by atoms with Gasteiger partial charge >= 0.3 is 0 Å². The molecule has 1 aliphatic rings. The maximum Gasteiger partial charge on any atom is 0.191 e. The third-order valence-corrected chi connectivity index (χ3v) is 5.61. The molecular formula is C24H34N4O3.